The molecule has 0 aliphatic rings. The van der Waals surface area contributed by atoms with Crippen LogP contribution in [0.4, 0.5) is 0 Å². The van der Waals surface area contributed by atoms with Crippen LogP contribution in [0.3, 0.4) is 0 Å². The number of aliphatic carboxylic acids is 2. The van der Waals surface area contributed by atoms with Crippen LogP contribution in [0.2, 0.25) is 0 Å². The molecule has 0 aliphatic carbocycles. The molecule has 0 saturated carbocycles. The zero-order chi connectivity index (χ0) is 11.3. The number of carboxylic acids is 2. The van der Waals surface area contributed by atoms with Crippen molar-refractivity contribution in [2.75, 3.05) is 0 Å². The normalized spacial score (nSPS) is 11.5. The average molecular weight is 202 g/mol. The fourth-order valence-corrected chi connectivity index (χ4v) is 0.568. The molecule has 0 aliphatic heterocycles. The summed E-state index contributed by atoms with van der Waals surface area (Å²) in [6.45, 7) is 4.57. The minimum Gasteiger partial charge on any atom is -0.481 e. The van der Waals surface area contributed by atoms with E-state index in [0.717, 1.165) is 0 Å². The van der Waals surface area contributed by atoms with Gasteiger partial charge in [-0.05, 0) is 6.92 Å². The first kappa shape index (κ1) is 12.2. The van der Waals surface area contributed by atoms with E-state index in [2.05, 4.69) is 11.3 Å². The second kappa shape index (κ2) is 5.00. The fourth-order valence-electron chi connectivity index (χ4n) is 0.568. The van der Waals surface area contributed by atoms with Crippen molar-refractivity contribution in [3.8, 4) is 0 Å². The van der Waals surface area contributed by atoms with Crippen molar-refractivity contribution in [2.24, 2.45) is 0 Å². The van der Waals surface area contributed by atoms with E-state index < -0.39 is 30.4 Å². The third kappa shape index (κ3) is 4.24. The Bertz CT molecular complexity index is 280. The summed E-state index contributed by atoms with van der Waals surface area (Å²) in [6.07, 6.45) is -2.44. The van der Waals surface area contributed by atoms with Gasteiger partial charge < -0.3 is 14.9 Å². The van der Waals surface area contributed by atoms with Crippen LogP contribution in [0.25, 0.3) is 0 Å². The molecule has 14 heavy (non-hydrogen) atoms. The largest absolute Gasteiger partial charge is 0.481 e. The molecule has 0 bridgehead atoms. The number of carboxylic acid groups (broad SMARTS) is 2. The van der Waals surface area contributed by atoms with E-state index in [1.54, 1.807) is 0 Å². The molecule has 78 valence electrons. The van der Waals surface area contributed by atoms with Crippen molar-refractivity contribution in [3.05, 3.63) is 12.2 Å². The van der Waals surface area contributed by atoms with Gasteiger partial charge in [0.1, 0.15) is 0 Å². The van der Waals surface area contributed by atoms with Gasteiger partial charge in [0, 0.05) is 5.57 Å². The number of esters is 1. The molecule has 0 aromatic rings. The second-order valence-corrected chi connectivity index (χ2v) is 2.61. The van der Waals surface area contributed by atoms with Gasteiger partial charge in [0.25, 0.3) is 0 Å². The fraction of sp³-hybridized carbons (Fsp3) is 0.375. The first-order valence-corrected chi connectivity index (χ1v) is 3.65. The van der Waals surface area contributed by atoms with E-state index >= 15 is 0 Å². The number of carbonyl (C=O) groups excluding carboxylic acids is 1. The van der Waals surface area contributed by atoms with Gasteiger partial charge in [-0.25, -0.2) is 9.59 Å². The van der Waals surface area contributed by atoms with Crippen molar-refractivity contribution in [3.63, 3.8) is 0 Å². The monoisotopic (exact) mass is 202 g/mol. The van der Waals surface area contributed by atoms with Crippen LogP contribution in [0, 0.1) is 0 Å². The molecule has 0 aromatic carbocycles. The SMILES string of the molecule is C=C(C)C(=O)OC(CC(=O)O)C(=O)O. The molecule has 1 atom stereocenters. The number of carbonyl (C=O) groups is 3. The van der Waals surface area contributed by atoms with Gasteiger partial charge in [0.15, 0.2) is 0 Å². The molecule has 0 rings (SSSR count). The van der Waals surface area contributed by atoms with E-state index in [9.17, 15) is 14.4 Å². The minimum atomic E-state index is -1.67. The van der Waals surface area contributed by atoms with Gasteiger partial charge in [-0.15, -0.1) is 0 Å². The van der Waals surface area contributed by atoms with Gasteiger partial charge in [-0.2, -0.15) is 0 Å². The molecule has 0 amide bonds. The average Bonchev–Trinajstić information content (AvgIpc) is 2.01. The highest BCUT2D eigenvalue weighted by Crippen LogP contribution is 2.03. The van der Waals surface area contributed by atoms with Crippen molar-refractivity contribution in [1.82, 2.24) is 0 Å². The Morgan fingerprint density at radius 1 is 1.36 bits per heavy atom. The molecule has 0 heterocycles. The van der Waals surface area contributed by atoms with E-state index in [4.69, 9.17) is 10.2 Å². The van der Waals surface area contributed by atoms with Gasteiger partial charge >= 0.3 is 17.9 Å². The van der Waals surface area contributed by atoms with Gasteiger partial charge in [0.2, 0.25) is 6.10 Å². The van der Waals surface area contributed by atoms with Crippen molar-refractivity contribution in [1.29, 1.82) is 0 Å². The summed E-state index contributed by atoms with van der Waals surface area (Å²) in [5.41, 5.74) is 0.0154. The molecule has 6 nitrogen and oxygen atoms in total. The predicted molar refractivity (Wildman–Crippen MR) is 44.6 cm³/mol. The molecule has 0 fully saturated rings. The number of hydrogen-bond acceptors (Lipinski definition) is 4. The Kier molecular flexibility index (Phi) is 4.34. The van der Waals surface area contributed by atoms with Crippen LogP contribution >= 0.6 is 0 Å². The van der Waals surface area contributed by atoms with Gasteiger partial charge in [-0.3, -0.25) is 4.79 Å². The number of rotatable bonds is 5. The highest BCUT2D eigenvalue weighted by Gasteiger charge is 2.25. The Morgan fingerprint density at radius 3 is 2.14 bits per heavy atom. The first-order valence-electron chi connectivity index (χ1n) is 3.65. The molecule has 0 spiro atoms. The minimum absolute atomic E-state index is 0.0154. The maximum atomic E-state index is 10.9. The summed E-state index contributed by atoms with van der Waals surface area (Å²) < 4.78 is 4.37. The summed E-state index contributed by atoms with van der Waals surface area (Å²) in [4.78, 5) is 31.5. The summed E-state index contributed by atoms with van der Waals surface area (Å²) in [5, 5.41) is 16.8. The van der Waals surface area contributed by atoms with Crippen molar-refractivity contribution < 1.29 is 29.3 Å². The van der Waals surface area contributed by atoms with E-state index in [1.807, 2.05) is 0 Å². The van der Waals surface area contributed by atoms with Gasteiger partial charge in [0.05, 0.1) is 6.42 Å². The van der Waals surface area contributed by atoms with E-state index in [0.29, 0.717) is 0 Å². The Labute approximate surface area is 79.8 Å². The highest BCUT2D eigenvalue weighted by atomic mass is 16.6. The quantitative estimate of drug-likeness (QED) is 0.482. The van der Waals surface area contributed by atoms with Crippen LogP contribution in [-0.2, 0) is 19.1 Å². The summed E-state index contributed by atoms with van der Waals surface area (Å²) in [6, 6.07) is 0. The Balaban J connectivity index is 4.38. The van der Waals surface area contributed by atoms with Gasteiger partial charge in [-0.1, -0.05) is 6.58 Å². The molecular weight excluding hydrogens is 192 g/mol. The molecule has 0 radical (unpaired) electrons. The van der Waals surface area contributed by atoms with Crippen LogP contribution in [0.1, 0.15) is 13.3 Å². The van der Waals surface area contributed by atoms with Crippen LogP contribution in [-0.4, -0.2) is 34.2 Å². The lowest BCUT2D eigenvalue weighted by Crippen LogP contribution is -2.29. The molecule has 2 N–H and O–H groups in total. The van der Waals surface area contributed by atoms with Crippen LogP contribution in [0.15, 0.2) is 12.2 Å². The first-order chi connectivity index (χ1) is 6.34. The highest BCUT2D eigenvalue weighted by molar-refractivity contribution is 5.90. The zero-order valence-electron chi connectivity index (χ0n) is 7.52. The molecule has 6 heteroatoms. The maximum Gasteiger partial charge on any atom is 0.345 e. The number of hydrogen-bond donors (Lipinski definition) is 2. The second-order valence-electron chi connectivity index (χ2n) is 2.61. The molecule has 0 saturated heterocycles. The summed E-state index contributed by atoms with van der Waals surface area (Å²) in [5.74, 6) is -3.77. The van der Waals surface area contributed by atoms with E-state index in [-0.39, 0.29) is 5.57 Å². The van der Waals surface area contributed by atoms with E-state index in [1.165, 1.54) is 6.92 Å². The van der Waals surface area contributed by atoms with Crippen LogP contribution in [0.5, 0.6) is 0 Å². The lowest BCUT2D eigenvalue weighted by atomic mass is 10.2. The summed E-state index contributed by atoms with van der Waals surface area (Å²) >= 11 is 0. The maximum absolute atomic E-state index is 10.9. The van der Waals surface area contributed by atoms with Crippen molar-refractivity contribution >= 4 is 17.9 Å². The Morgan fingerprint density at radius 2 is 1.86 bits per heavy atom. The lowest BCUT2D eigenvalue weighted by Gasteiger charge is -2.10. The predicted octanol–water partition coefficient (Wildman–Crippen LogP) is 0.0336. The topological polar surface area (TPSA) is 101 Å². The summed E-state index contributed by atoms with van der Waals surface area (Å²) in [7, 11) is 0. The molecule has 1 unspecified atom stereocenters. The number of ether oxygens (including phenoxy) is 1. The smallest absolute Gasteiger partial charge is 0.345 e. The molecule has 0 aromatic heterocycles. The van der Waals surface area contributed by atoms with Crippen molar-refractivity contribution in [2.45, 2.75) is 19.4 Å². The lowest BCUT2D eigenvalue weighted by molar-refractivity contribution is -0.164. The Hall–Kier alpha value is -1.85. The third-order valence-electron chi connectivity index (χ3n) is 1.23. The standard InChI is InChI=1S/C8H10O6/c1-4(2)8(13)14-5(7(11)12)3-6(9)10/h5H,1,3H2,2H3,(H,9,10)(H,11,12). The molecular formula is C8H10O6. The zero-order valence-corrected chi connectivity index (χ0v) is 7.52. The third-order valence-corrected chi connectivity index (χ3v) is 1.23. The van der Waals surface area contributed by atoms with Crippen LogP contribution < -0.4 is 0 Å².